The van der Waals surface area contributed by atoms with E-state index in [1.807, 2.05) is 38.1 Å². The number of aryl methyl sites for hydroxylation is 3. The number of aromatic nitrogens is 2. The molecular weight excluding hydrogens is 428 g/mol. The van der Waals surface area contributed by atoms with E-state index in [1.165, 1.54) is 4.31 Å². The van der Waals surface area contributed by atoms with Gasteiger partial charge in [-0.05, 0) is 45.2 Å². The van der Waals surface area contributed by atoms with Crippen molar-refractivity contribution in [1.29, 1.82) is 0 Å². The van der Waals surface area contributed by atoms with Crippen molar-refractivity contribution < 1.29 is 17.7 Å². The molecule has 4 rings (SSSR count). The highest BCUT2D eigenvalue weighted by molar-refractivity contribution is 7.89. The lowest BCUT2D eigenvalue weighted by Gasteiger charge is -2.24. The Hall–Kier alpha value is -2.78. The van der Waals surface area contributed by atoms with Crippen LogP contribution in [0.25, 0.3) is 10.9 Å². The number of hydrogen-bond donors (Lipinski definition) is 0. The molecule has 8 nitrogen and oxygen atoms in total. The molecule has 3 heterocycles. The van der Waals surface area contributed by atoms with Crippen molar-refractivity contribution in [1.82, 2.24) is 19.3 Å². The summed E-state index contributed by atoms with van der Waals surface area (Å²) in [4.78, 5) is 20.3. The second-order valence-corrected chi connectivity index (χ2v) is 10.0. The van der Waals surface area contributed by atoms with Crippen LogP contribution in [0, 0.1) is 20.8 Å². The van der Waals surface area contributed by atoms with Crippen molar-refractivity contribution in [3.63, 3.8) is 0 Å². The third kappa shape index (κ3) is 3.80. The first-order valence-electron chi connectivity index (χ1n) is 10.9. The Balaban J connectivity index is 1.64. The van der Waals surface area contributed by atoms with E-state index in [-0.39, 0.29) is 23.1 Å². The number of para-hydroxylation sites is 1. The zero-order valence-electron chi connectivity index (χ0n) is 18.9. The van der Waals surface area contributed by atoms with Crippen LogP contribution in [0.3, 0.4) is 0 Å². The molecule has 9 heteroatoms. The zero-order valence-corrected chi connectivity index (χ0v) is 19.7. The molecule has 0 N–H and O–H groups in total. The Morgan fingerprint density at radius 3 is 2.53 bits per heavy atom. The van der Waals surface area contributed by atoms with Crippen LogP contribution in [0.5, 0.6) is 0 Å². The van der Waals surface area contributed by atoms with Gasteiger partial charge in [0.25, 0.3) is 5.91 Å². The maximum Gasteiger partial charge on any atom is 0.254 e. The molecule has 1 aliphatic rings. The fourth-order valence-electron chi connectivity index (χ4n) is 4.45. The second-order valence-electron chi connectivity index (χ2n) is 8.13. The highest BCUT2D eigenvalue weighted by Crippen LogP contribution is 2.27. The van der Waals surface area contributed by atoms with E-state index in [9.17, 15) is 13.2 Å². The van der Waals surface area contributed by atoms with Crippen LogP contribution >= 0.6 is 0 Å². The van der Waals surface area contributed by atoms with Crippen LogP contribution in [0.4, 0.5) is 0 Å². The van der Waals surface area contributed by atoms with Crippen LogP contribution in [-0.4, -0.2) is 59.8 Å². The molecule has 1 saturated heterocycles. The lowest BCUT2D eigenvalue weighted by molar-refractivity contribution is 0.0765. The van der Waals surface area contributed by atoms with Crippen molar-refractivity contribution in [2.24, 2.45) is 0 Å². The van der Waals surface area contributed by atoms with Gasteiger partial charge in [0.1, 0.15) is 10.6 Å². The molecule has 1 fully saturated rings. The van der Waals surface area contributed by atoms with Gasteiger partial charge in [0.05, 0.1) is 11.1 Å². The van der Waals surface area contributed by atoms with E-state index in [2.05, 4.69) is 5.16 Å². The summed E-state index contributed by atoms with van der Waals surface area (Å²) in [5.74, 6) is 0.207. The van der Waals surface area contributed by atoms with E-state index < -0.39 is 10.0 Å². The highest BCUT2D eigenvalue weighted by atomic mass is 32.2. The average Bonchev–Trinajstić information content (AvgIpc) is 2.97. The predicted octanol–water partition coefficient (Wildman–Crippen LogP) is 3.25. The van der Waals surface area contributed by atoms with Gasteiger partial charge in [-0.1, -0.05) is 30.3 Å². The van der Waals surface area contributed by atoms with Crippen LogP contribution < -0.4 is 0 Å². The molecule has 170 valence electrons. The monoisotopic (exact) mass is 456 g/mol. The summed E-state index contributed by atoms with van der Waals surface area (Å²) >= 11 is 0. The number of benzene rings is 1. The summed E-state index contributed by atoms with van der Waals surface area (Å²) in [6.45, 7) is 8.57. The maximum absolute atomic E-state index is 13.7. The molecule has 1 aliphatic heterocycles. The first-order valence-corrected chi connectivity index (χ1v) is 12.3. The van der Waals surface area contributed by atoms with Gasteiger partial charge in [-0.15, -0.1) is 0 Å². The lowest BCUT2D eigenvalue weighted by atomic mass is 9.99. The summed E-state index contributed by atoms with van der Waals surface area (Å²) in [7, 11) is -3.74. The smallest absolute Gasteiger partial charge is 0.254 e. The van der Waals surface area contributed by atoms with Crippen LogP contribution in [0.15, 0.2) is 33.7 Å². The Bertz CT molecular complexity index is 1260. The average molecular weight is 457 g/mol. The molecule has 1 aromatic carbocycles. The predicted molar refractivity (Wildman–Crippen MR) is 121 cm³/mol. The van der Waals surface area contributed by atoms with E-state index in [1.54, 1.807) is 18.7 Å². The van der Waals surface area contributed by atoms with Crippen LogP contribution in [0.2, 0.25) is 0 Å². The van der Waals surface area contributed by atoms with Gasteiger partial charge in [0.15, 0.2) is 5.76 Å². The van der Waals surface area contributed by atoms with E-state index in [4.69, 9.17) is 9.51 Å². The lowest BCUT2D eigenvalue weighted by Crippen LogP contribution is -2.38. The number of fused-ring (bicyclic) bond motifs is 1. The van der Waals surface area contributed by atoms with Crippen molar-refractivity contribution >= 4 is 26.8 Å². The van der Waals surface area contributed by atoms with Crippen LogP contribution in [-0.2, 0) is 16.4 Å². The molecule has 3 aromatic rings. The third-order valence-corrected chi connectivity index (χ3v) is 8.24. The Kier molecular flexibility index (Phi) is 6.05. The van der Waals surface area contributed by atoms with Gasteiger partial charge in [-0.3, -0.25) is 9.78 Å². The van der Waals surface area contributed by atoms with Gasteiger partial charge >= 0.3 is 0 Å². The molecule has 0 bridgehead atoms. The van der Waals surface area contributed by atoms with Crippen molar-refractivity contribution in [2.45, 2.75) is 45.4 Å². The number of carbonyl (C=O) groups excluding carboxylic acids is 1. The van der Waals surface area contributed by atoms with Gasteiger partial charge in [0, 0.05) is 37.3 Å². The van der Waals surface area contributed by atoms with Crippen LogP contribution in [0.1, 0.15) is 46.4 Å². The molecule has 2 aromatic heterocycles. The zero-order chi connectivity index (χ0) is 23.0. The van der Waals surface area contributed by atoms with E-state index >= 15 is 0 Å². The fraction of sp³-hybridized carbons (Fsp3) is 0.435. The summed E-state index contributed by atoms with van der Waals surface area (Å²) in [6.07, 6.45) is 1.29. The number of pyridine rings is 1. The second kappa shape index (κ2) is 8.63. The quantitative estimate of drug-likeness (QED) is 0.598. The molecule has 0 radical (unpaired) electrons. The first-order chi connectivity index (χ1) is 15.3. The topological polar surface area (TPSA) is 96.6 Å². The van der Waals surface area contributed by atoms with Gasteiger partial charge < -0.3 is 9.42 Å². The molecule has 0 aliphatic carbocycles. The number of sulfonamides is 1. The molecule has 0 saturated carbocycles. The minimum Gasteiger partial charge on any atom is -0.360 e. The van der Waals surface area contributed by atoms with Crippen molar-refractivity contribution in [3.8, 4) is 0 Å². The third-order valence-electron chi connectivity index (χ3n) is 6.09. The molecule has 1 amide bonds. The standard InChI is InChI=1S/C23H28N4O4S/c1-5-19-15(2)21(18-9-6-7-10-20(18)24-19)23(28)26-11-8-12-27(14-13-26)32(29,30)22-16(3)25-31-17(22)4/h6-7,9-10H,5,8,11-14H2,1-4H3. The first kappa shape index (κ1) is 22.4. The normalized spacial score (nSPS) is 15.8. The number of hydrogen-bond acceptors (Lipinski definition) is 6. The number of nitrogens with zero attached hydrogens (tertiary/aromatic N) is 4. The largest absolute Gasteiger partial charge is 0.360 e. The Labute approximate surface area is 188 Å². The van der Waals surface area contributed by atoms with Crippen molar-refractivity contribution in [2.75, 3.05) is 26.2 Å². The SMILES string of the molecule is CCc1nc2ccccc2c(C(=O)N2CCCN(S(=O)(=O)c3c(C)noc3C)CC2)c1C. The van der Waals surface area contributed by atoms with E-state index in [0.29, 0.717) is 37.3 Å². The Morgan fingerprint density at radius 2 is 1.84 bits per heavy atom. The molecule has 0 atom stereocenters. The van der Waals surface area contributed by atoms with E-state index in [0.717, 1.165) is 28.6 Å². The molecule has 0 spiro atoms. The summed E-state index contributed by atoms with van der Waals surface area (Å²) in [5, 5.41) is 4.62. The number of amides is 1. The number of carbonyl (C=O) groups is 1. The molecule has 32 heavy (non-hydrogen) atoms. The summed E-state index contributed by atoms with van der Waals surface area (Å²) in [6, 6.07) is 7.67. The minimum absolute atomic E-state index is 0.0765. The fourth-order valence-corrected chi connectivity index (χ4v) is 6.21. The molecular formula is C23H28N4O4S. The van der Waals surface area contributed by atoms with Gasteiger partial charge in [-0.2, -0.15) is 4.31 Å². The summed E-state index contributed by atoms with van der Waals surface area (Å²) < 4.78 is 32.9. The number of rotatable bonds is 4. The maximum atomic E-state index is 13.7. The Morgan fingerprint density at radius 1 is 1.09 bits per heavy atom. The summed E-state index contributed by atoms with van der Waals surface area (Å²) in [5.41, 5.74) is 3.61. The minimum atomic E-state index is -3.74. The molecule has 0 unspecified atom stereocenters. The van der Waals surface area contributed by atoms with Gasteiger partial charge in [0.2, 0.25) is 10.0 Å². The van der Waals surface area contributed by atoms with Crippen molar-refractivity contribution in [3.05, 3.63) is 52.5 Å². The highest BCUT2D eigenvalue weighted by Gasteiger charge is 2.33. The van der Waals surface area contributed by atoms with Gasteiger partial charge in [-0.25, -0.2) is 8.42 Å².